The van der Waals surface area contributed by atoms with Crippen molar-refractivity contribution in [2.45, 2.75) is 52.5 Å². The molecule has 0 spiro atoms. The number of carbonyl (C=O) groups is 1. The van der Waals surface area contributed by atoms with Crippen LogP contribution in [0.5, 0.6) is 5.75 Å². The topological polar surface area (TPSA) is 102 Å². The molecular weight excluding hydrogens is 324 g/mol. The Balaban J connectivity index is 2.35. The Hall–Kier alpha value is -2.31. The quantitative estimate of drug-likeness (QED) is 0.597. The van der Waals surface area contributed by atoms with Crippen LogP contribution in [0, 0.1) is 21.4 Å². The molecule has 0 heterocycles. The van der Waals surface area contributed by atoms with Crippen molar-refractivity contribution in [1.29, 1.82) is 0 Å². The highest BCUT2D eigenvalue weighted by atomic mass is 16.6. The fraction of sp³-hybridized carbons (Fsp3) is 0.611. The first-order chi connectivity index (χ1) is 11.6. The van der Waals surface area contributed by atoms with Crippen LogP contribution >= 0.6 is 0 Å². The maximum Gasteiger partial charge on any atom is 0.307 e. The molecule has 2 unspecified atom stereocenters. The van der Waals surface area contributed by atoms with E-state index in [4.69, 9.17) is 9.84 Å². The van der Waals surface area contributed by atoms with Gasteiger partial charge in [-0.1, -0.05) is 20.8 Å². The minimum atomic E-state index is -1.06. The normalized spacial score (nSPS) is 22.2. The van der Waals surface area contributed by atoms with E-state index in [1.807, 2.05) is 0 Å². The first kappa shape index (κ1) is 19.0. The van der Waals surface area contributed by atoms with Gasteiger partial charge in [0.05, 0.1) is 18.5 Å². The summed E-state index contributed by atoms with van der Waals surface area (Å²) < 4.78 is 5.25. The number of hydrogen-bond acceptors (Lipinski definition) is 5. The largest absolute Gasteiger partial charge is 0.496 e. The Labute approximate surface area is 147 Å². The number of benzene rings is 1. The number of carboxylic acid groups (broad SMARTS) is 1. The first-order valence-electron chi connectivity index (χ1n) is 8.45. The molecule has 0 amide bonds. The summed E-state index contributed by atoms with van der Waals surface area (Å²) in [6, 6.07) is 2.97. The number of hydrogen-bond donors (Lipinski definition) is 2. The second kappa shape index (κ2) is 7.29. The van der Waals surface area contributed by atoms with Crippen molar-refractivity contribution in [3.63, 3.8) is 0 Å². The lowest BCUT2D eigenvalue weighted by Crippen LogP contribution is -2.35. The summed E-state index contributed by atoms with van der Waals surface area (Å²) in [5.74, 6) is -0.178. The molecule has 1 aromatic carbocycles. The van der Waals surface area contributed by atoms with Gasteiger partial charge < -0.3 is 15.2 Å². The zero-order chi connectivity index (χ0) is 18.8. The van der Waals surface area contributed by atoms with Gasteiger partial charge in [0.15, 0.2) is 0 Å². The van der Waals surface area contributed by atoms with E-state index in [1.165, 1.54) is 13.2 Å². The van der Waals surface area contributed by atoms with E-state index in [0.29, 0.717) is 22.9 Å². The van der Waals surface area contributed by atoms with E-state index in [9.17, 15) is 14.9 Å². The van der Waals surface area contributed by atoms with Crippen molar-refractivity contribution in [1.82, 2.24) is 0 Å². The van der Waals surface area contributed by atoms with Gasteiger partial charge in [-0.3, -0.25) is 14.9 Å². The molecule has 0 bridgehead atoms. The third-order valence-corrected chi connectivity index (χ3v) is 4.68. The van der Waals surface area contributed by atoms with Crippen LogP contribution in [0.2, 0.25) is 0 Å². The zero-order valence-electron chi connectivity index (χ0n) is 15.2. The number of nitrogens with one attached hydrogen (secondary N) is 1. The number of methoxy groups -OCH3 is 1. The van der Waals surface area contributed by atoms with Gasteiger partial charge in [-0.15, -0.1) is 0 Å². The number of nitro groups is 1. The van der Waals surface area contributed by atoms with Crippen LogP contribution in [-0.4, -0.2) is 29.2 Å². The first-order valence-corrected chi connectivity index (χ1v) is 8.45. The van der Waals surface area contributed by atoms with Crippen molar-refractivity contribution in [2.75, 3.05) is 12.4 Å². The lowest BCUT2D eigenvalue weighted by molar-refractivity contribution is -0.384. The zero-order valence-corrected chi connectivity index (χ0v) is 15.2. The highest BCUT2D eigenvalue weighted by Gasteiger charge is 2.33. The van der Waals surface area contributed by atoms with E-state index >= 15 is 0 Å². The van der Waals surface area contributed by atoms with E-state index in [1.54, 1.807) is 6.07 Å². The van der Waals surface area contributed by atoms with Crippen molar-refractivity contribution in [3.05, 3.63) is 27.8 Å². The predicted molar refractivity (Wildman–Crippen MR) is 95.2 cm³/mol. The number of rotatable bonds is 6. The monoisotopic (exact) mass is 350 g/mol. The average molecular weight is 350 g/mol. The number of nitro benzene ring substituents is 1. The Bertz CT molecular complexity index is 672. The van der Waals surface area contributed by atoms with Gasteiger partial charge in [0.25, 0.3) is 5.69 Å². The van der Waals surface area contributed by atoms with Crippen LogP contribution < -0.4 is 10.1 Å². The van der Waals surface area contributed by atoms with Crippen LogP contribution in [0.4, 0.5) is 11.4 Å². The summed E-state index contributed by atoms with van der Waals surface area (Å²) in [4.78, 5) is 22.0. The van der Waals surface area contributed by atoms with Crippen molar-refractivity contribution < 1.29 is 19.6 Å². The molecule has 1 fully saturated rings. The number of ether oxygens (including phenoxy) is 1. The highest BCUT2D eigenvalue weighted by Crippen LogP contribution is 2.41. The molecular formula is C18H26N2O5. The van der Waals surface area contributed by atoms with E-state index in [2.05, 4.69) is 26.1 Å². The van der Waals surface area contributed by atoms with E-state index in [-0.39, 0.29) is 23.6 Å². The fourth-order valence-electron chi connectivity index (χ4n) is 4.05. The molecule has 25 heavy (non-hydrogen) atoms. The number of anilines is 1. The minimum absolute atomic E-state index is 0.118. The molecule has 0 saturated heterocycles. The van der Waals surface area contributed by atoms with Crippen LogP contribution in [-0.2, 0) is 11.2 Å². The molecule has 0 aromatic heterocycles. The number of aliphatic carboxylic acids is 1. The number of nitrogens with zero attached hydrogens (tertiary/aromatic N) is 1. The maximum absolute atomic E-state index is 11.5. The van der Waals surface area contributed by atoms with Gasteiger partial charge in [0.2, 0.25) is 0 Å². The van der Waals surface area contributed by atoms with Crippen molar-refractivity contribution in [3.8, 4) is 5.75 Å². The molecule has 138 valence electrons. The van der Waals surface area contributed by atoms with Crippen LogP contribution in [0.15, 0.2) is 12.1 Å². The molecule has 0 aliphatic heterocycles. The van der Waals surface area contributed by atoms with Gasteiger partial charge in [-0.25, -0.2) is 0 Å². The van der Waals surface area contributed by atoms with Crippen LogP contribution in [0.3, 0.4) is 0 Å². The van der Waals surface area contributed by atoms with Crippen molar-refractivity contribution >= 4 is 17.3 Å². The lowest BCUT2D eigenvalue weighted by atomic mass is 9.70. The van der Waals surface area contributed by atoms with Gasteiger partial charge in [0.1, 0.15) is 11.4 Å². The van der Waals surface area contributed by atoms with Gasteiger partial charge in [-0.2, -0.15) is 0 Å². The van der Waals surface area contributed by atoms with E-state index in [0.717, 1.165) is 19.3 Å². The third kappa shape index (κ3) is 4.84. The summed E-state index contributed by atoms with van der Waals surface area (Å²) in [6.45, 7) is 6.62. The minimum Gasteiger partial charge on any atom is -0.496 e. The molecule has 2 N–H and O–H groups in total. The highest BCUT2D eigenvalue weighted by molar-refractivity contribution is 5.75. The molecule has 1 aliphatic carbocycles. The van der Waals surface area contributed by atoms with Crippen LogP contribution in [0.25, 0.3) is 0 Å². The molecule has 7 nitrogen and oxygen atoms in total. The molecule has 2 rings (SSSR count). The summed E-state index contributed by atoms with van der Waals surface area (Å²) in [7, 11) is 1.43. The Morgan fingerprint density at radius 3 is 2.64 bits per heavy atom. The third-order valence-electron chi connectivity index (χ3n) is 4.68. The SMILES string of the molecule is COc1cc(NC2CC(C)CC(C)(C)C2)c([N+](=O)[O-])cc1CC(=O)O. The maximum atomic E-state index is 11.5. The summed E-state index contributed by atoms with van der Waals surface area (Å²) in [5, 5.41) is 23.8. The number of carboxylic acids is 1. The van der Waals surface area contributed by atoms with E-state index < -0.39 is 10.9 Å². The second-order valence-electron chi connectivity index (χ2n) is 7.76. The predicted octanol–water partition coefficient (Wildman–Crippen LogP) is 3.86. The summed E-state index contributed by atoms with van der Waals surface area (Å²) in [5.41, 5.74) is 0.737. The molecule has 0 radical (unpaired) electrons. The van der Waals surface area contributed by atoms with Crippen molar-refractivity contribution in [2.24, 2.45) is 11.3 Å². The summed E-state index contributed by atoms with van der Waals surface area (Å²) in [6.07, 6.45) is 2.68. The average Bonchev–Trinajstić information content (AvgIpc) is 2.45. The Morgan fingerprint density at radius 2 is 2.12 bits per heavy atom. The molecule has 1 aliphatic rings. The smallest absolute Gasteiger partial charge is 0.307 e. The van der Waals surface area contributed by atoms with Gasteiger partial charge in [0, 0.05) is 23.7 Å². The Kier molecular flexibility index (Phi) is 5.55. The molecule has 7 heteroatoms. The van der Waals surface area contributed by atoms with Gasteiger partial charge in [-0.05, 0) is 30.6 Å². The second-order valence-corrected chi connectivity index (χ2v) is 7.76. The summed E-state index contributed by atoms with van der Waals surface area (Å²) >= 11 is 0. The lowest BCUT2D eigenvalue weighted by Gasteiger charge is -2.39. The van der Waals surface area contributed by atoms with Crippen LogP contribution in [0.1, 0.15) is 45.6 Å². The molecule has 2 atom stereocenters. The molecule has 1 aromatic rings. The molecule has 1 saturated carbocycles. The standard InChI is InChI=1S/C18H26N2O5/c1-11-5-13(10-18(2,3)9-11)19-14-8-16(25-4)12(7-17(21)22)6-15(14)20(23)24/h6,8,11,13,19H,5,7,9-10H2,1-4H3,(H,21,22). The Morgan fingerprint density at radius 1 is 1.44 bits per heavy atom. The fourth-order valence-corrected chi connectivity index (χ4v) is 4.05. The van der Waals surface area contributed by atoms with Gasteiger partial charge >= 0.3 is 5.97 Å².